The molecule has 1 heterocycles. The lowest BCUT2D eigenvalue weighted by atomic mass is 10.0. The molecule has 1 atom stereocenters. The molecule has 1 unspecified atom stereocenters. The van der Waals surface area contributed by atoms with Gasteiger partial charge in [0.05, 0.1) is 16.5 Å². The highest BCUT2D eigenvalue weighted by Crippen LogP contribution is 2.19. The van der Waals surface area contributed by atoms with Crippen molar-refractivity contribution >= 4 is 27.2 Å². The van der Waals surface area contributed by atoms with Gasteiger partial charge in [-0.15, -0.1) is 0 Å². The van der Waals surface area contributed by atoms with Gasteiger partial charge in [-0.2, -0.15) is 0 Å². The van der Waals surface area contributed by atoms with E-state index in [0.29, 0.717) is 6.54 Å². The summed E-state index contributed by atoms with van der Waals surface area (Å²) < 4.78 is 36.6. The highest BCUT2D eigenvalue weighted by molar-refractivity contribution is 7.91. The van der Waals surface area contributed by atoms with Crippen LogP contribution in [0, 0.1) is 5.82 Å². The molecule has 4 nitrogen and oxygen atoms in total. The summed E-state index contributed by atoms with van der Waals surface area (Å²) in [7, 11) is -3.08. The number of carbonyl (C=O) groups is 1. The first-order valence-electron chi connectivity index (χ1n) is 6.26. The van der Waals surface area contributed by atoms with E-state index in [0.717, 1.165) is 0 Å². The number of hydrogen-bond acceptors (Lipinski definition) is 4. The predicted molar refractivity (Wildman–Crippen MR) is 75.2 cm³/mol. The predicted octanol–water partition coefficient (Wildman–Crippen LogP) is 1.37. The summed E-state index contributed by atoms with van der Waals surface area (Å²) in [6.45, 7) is 0.353. The summed E-state index contributed by atoms with van der Waals surface area (Å²) >= 11 is 5.65. The Labute approximate surface area is 122 Å². The molecule has 0 saturated carbocycles. The Bertz CT molecular complexity index is 618. The molecular formula is C13H15ClFNO3S. The molecule has 0 aromatic heterocycles. The molecule has 20 heavy (non-hydrogen) atoms. The molecule has 2 rings (SSSR count). The molecule has 0 aliphatic carbocycles. The maximum Gasteiger partial charge on any atom is 0.153 e. The molecule has 1 aromatic carbocycles. The molecule has 0 radical (unpaired) electrons. The van der Waals surface area contributed by atoms with E-state index in [1.807, 2.05) is 0 Å². The van der Waals surface area contributed by atoms with Crippen LogP contribution in [0.3, 0.4) is 0 Å². The average Bonchev–Trinajstić information content (AvgIpc) is 2.33. The van der Waals surface area contributed by atoms with Gasteiger partial charge >= 0.3 is 0 Å². The smallest absolute Gasteiger partial charge is 0.153 e. The minimum absolute atomic E-state index is 0.0198. The second kappa shape index (κ2) is 6.20. The van der Waals surface area contributed by atoms with Crippen LogP contribution in [0.2, 0.25) is 5.02 Å². The third-order valence-electron chi connectivity index (χ3n) is 3.19. The molecule has 0 bridgehead atoms. The number of ketones is 1. The van der Waals surface area contributed by atoms with Crippen molar-refractivity contribution in [1.29, 1.82) is 0 Å². The van der Waals surface area contributed by atoms with Crippen molar-refractivity contribution in [2.45, 2.75) is 18.9 Å². The minimum atomic E-state index is -3.08. The van der Waals surface area contributed by atoms with Crippen LogP contribution in [0.25, 0.3) is 0 Å². The zero-order chi connectivity index (χ0) is 14.8. The van der Waals surface area contributed by atoms with Crippen molar-refractivity contribution in [2.24, 2.45) is 0 Å². The topological polar surface area (TPSA) is 63.2 Å². The van der Waals surface area contributed by atoms with Gasteiger partial charge in [-0.25, -0.2) is 12.8 Å². The van der Waals surface area contributed by atoms with Gasteiger partial charge in [0.1, 0.15) is 11.6 Å². The second-order valence-electron chi connectivity index (χ2n) is 4.90. The van der Waals surface area contributed by atoms with Crippen LogP contribution in [0.4, 0.5) is 4.39 Å². The Hall–Kier alpha value is -0.980. The van der Waals surface area contributed by atoms with E-state index in [4.69, 9.17) is 11.6 Å². The van der Waals surface area contributed by atoms with E-state index in [-0.39, 0.29) is 46.8 Å². The van der Waals surface area contributed by atoms with Crippen LogP contribution in [0.1, 0.15) is 12.0 Å². The molecule has 1 aliphatic heterocycles. The van der Waals surface area contributed by atoms with Gasteiger partial charge in [0.15, 0.2) is 9.84 Å². The maximum atomic E-state index is 13.7. The molecule has 0 spiro atoms. The fourth-order valence-electron chi connectivity index (χ4n) is 2.24. The Balaban J connectivity index is 1.97. The highest BCUT2D eigenvalue weighted by atomic mass is 35.5. The van der Waals surface area contributed by atoms with Crippen LogP contribution in [-0.2, 0) is 21.1 Å². The average molecular weight is 320 g/mol. The van der Waals surface area contributed by atoms with Gasteiger partial charge in [0.25, 0.3) is 0 Å². The Morgan fingerprint density at radius 3 is 2.90 bits per heavy atom. The second-order valence-corrected chi connectivity index (χ2v) is 7.53. The van der Waals surface area contributed by atoms with E-state index < -0.39 is 15.7 Å². The van der Waals surface area contributed by atoms with Crippen LogP contribution >= 0.6 is 11.6 Å². The normalized spacial score (nSPS) is 21.6. The van der Waals surface area contributed by atoms with E-state index in [2.05, 4.69) is 5.32 Å². The van der Waals surface area contributed by atoms with Crippen molar-refractivity contribution < 1.29 is 17.6 Å². The number of benzene rings is 1. The summed E-state index contributed by atoms with van der Waals surface area (Å²) in [4.78, 5) is 11.9. The van der Waals surface area contributed by atoms with Crippen molar-refractivity contribution in [2.75, 3.05) is 18.1 Å². The molecule has 1 fully saturated rings. The number of Topliss-reactive ketones (excluding diaryl/α,β-unsaturated/α-hetero) is 1. The molecule has 1 aromatic rings. The molecule has 110 valence electrons. The van der Waals surface area contributed by atoms with Gasteiger partial charge in [-0.3, -0.25) is 4.79 Å². The van der Waals surface area contributed by atoms with Gasteiger partial charge in [0.2, 0.25) is 0 Å². The third kappa shape index (κ3) is 4.01. The first-order valence-corrected chi connectivity index (χ1v) is 8.46. The van der Waals surface area contributed by atoms with E-state index in [1.165, 1.54) is 12.1 Å². The van der Waals surface area contributed by atoms with Crippen LogP contribution in [0.15, 0.2) is 18.2 Å². The van der Waals surface area contributed by atoms with E-state index in [9.17, 15) is 17.6 Å². The first kappa shape index (κ1) is 15.4. The van der Waals surface area contributed by atoms with Crippen LogP contribution < -0.4 is 5.32 Å². The number of rotatable bonds is 4. The van der Waals surface area contributed by atoms with Gasteiger partial charge in [-0.1, -0.05) is 23.7 Å². The standard InChI is InChI=1S/C13H15ClFNO3S/c14-12-3-1-2-9(13(12)15)6-11(17)7-10-8-20(18,19)5-4-16-10/h1-3,10,16H,4-8H2. The van der Waals surface area contributed by atoms with Crippen molar-refractivity contribution in [3.05, 3.63) is 34.6 Å². The summed E-state index contributed by atoms with van der Waals surface area (Å²) in [5, 5.41) is 2.98. The lowest BCUT2D eigenvalue weighted by Crippen LogP contribution is -2.46. The largest absolute Gasteiger partial charge is 0.312 e. The van der Waals surface area contributed by atoms with E-state index >= 15 is 0 Å². The Morgan fingerprint density at radius 1 is 1.45 bits per heavy atom. The molecule has 1 N–H and O–H groups in total. The lowest BCUT2D eigenvalue weighted by molar-refractivity contribution is -0.118. The summed E-state index contributed by atoms with van der Waals surface area (Å²) in [5.74, 6) is -0.746. The monoisotopic (exact) mass is 319 g/mol. The number of nitrogens with one attached hydrogen (secondary N) is 1. The van der Waals surface area contributed by atoms with Gasteiger partial charge < -0.3 is 5.32 Å². The summed E-state index contributed by atoms with van der Waals surface area (Å²) in [6, 6.07) is 4.12. The molecular weight excluding hydrogens is 305 g/mol. The minimum Gasteiger partial charge on any atom is -0.312 e. The number of sulfone groups is 1. The highest BCUT2D eigenvalue weighted by Gasteiger charge is 2.26. The Morgan fingerprint density at radius 2 is 2.20 bits per heavy atom. The lowest BCUT2D eigenvalue weighted by Gasteiger charge is -2.23. The molecule has 1 saturated heterocycles. The fourth-order valence-corrected chi connectivity index (χ4v) is 3.88. The van der Waals surface area contributed by atoms with E-state index in [1.54, 1.807) is 6.07 Å². The van der Waals surface area contributed by atoms with Gasteiger partial charge in [-0.05, 0) is 11.6 Å². The fraction of sp³-hybridized carbons (Fsp3) is 0.462. The van der Waals surface area contributed by atoms with Crippen molar-refractivity contribution in [1.82, 2.24) is 5.32 Å². The quantitative estimate of drug-likeness (QED) is 0.910. The van der Waals surface area contributed by atoms with Crippen molar-refractivity contribution in [3.63, 3.8) is 0 Å². The molecule has 0 amide bonds. The van der Waals surface area contributed by atoms with Gasteiger partial charge in [0, 0.05) is 25.4 Å². The number of hydrogen-bond donors (Lipinski definition) is 1. The molecule has 1 aliphatic rings. The number of halogens is 2. The first-order chi connectivity index (χ1) is 9.37. The zero-order valence-electron chi connectivity index (χ0n) is 10.7. The van der Waals surface area contributed by atoms with Crippen LogP contribution in [-0.4, -0.2) is 38.3 Å². The van der Waals surface area contributed by atoms with Crippen LogP contribution in [0.5, 0.6) is 0 Å². The number of carbonyl (C=O) groups excluding carboxylic acids is 1. The maximum absolute atomic E-state index is 13.7. The SMILES string of the molecule is O=C(Cc1cccc(Cl)c1F)CC1CS(=O)(=O)CCN1. The van der Waals surface area contributed by atoms with Crippen molar-refractivity contribution in [3.8, 4) is 0 Å². The zero-order valence-corrected chi connectivity index (χ0v) is 12.3. The summed E-state index contributed by atoms with van der Waals surface area (Å²) in [5.41, 5.74) is 0.237. The molecule has 7 heteroatoms. The summed E-state index contributed by atoms with van der Waals surface area (Å²) in [6.07, 6.45) is -0.00416. The Kier molecular flexibility index (Phi) is 4.78. The third-order valence-corrected chi connectivity index (χ3v) is 5.22.